The zero-order valence-electron chi connectivity index (χ0n) is 9.66. The molecule has 8 heteroatoms. The highest BCUT2D eigenvalue weighted by atomic mass is 32.2. The Kier molecular flexibility index (Phi) is 5.79. The fourth-order valence-corrected chi connectivity index (χ4v) is 2.17. The summed E-state index contributed by atoms with van der Waals surface area (Å²) in [6, 6.07) is 0. The molecule has 0 saturated carbocycles. The highest BCUT2D eigenvalue weighted by Crippen LogP contribution is 2.19. The van der Waals surface area contributed by atoms with Crippen molar-refractivity contribution in [2.45, 2.75) is 30.5 Å². The number of carboxylic acid groups (broad SMARTS) is 1. The van der Waals surface area contributed by atoms with Crippen molar-refractivity contribution >= 4 is 29.5 Å². The summed E-state index contributed by atoms with van der Waals surface area (Å²) in [6.45, 7) is 2.52. The van der Waals surface area contributed by atoms with Gasteiger partial charge in [0.25, 0.3) is 0 Å². The van der Waals surface area contributed by atoms with E-state index in [4.69, 9.17) is 10.2 Å². The van der Waals surface area contributed by atoms with E-state index in [-0.39, 0.29) is 12.4 Å². The van der Waals surface area contributed by atoms with Crippen LogP contribution in [0.25, 0.3) is 0 Å². The molecule has 0 aromatic carbocycles. The van der Waals surface area contributed by atoms with E-state index in [0.717, 1.165) is 11.8 Å². The van der Waals surface area contributed by atoms with Gasteiger partial charge in [0.2, 0.25) is 0 Å². The summed E-state index contributed by atoms with van der Waals surface area (Å²) >= 11 is 2.80. The lowest BCUT2D eigenvalue weighted by Crippen LogP contribution is -2.13. The molecule has 96 valence electrons. The third-order valence-corrected chi connectivity index (χ3v) is 4.01. The molecule has 0 radical (unpaired) electrons. The topological polar surface area (TPSA) is 88.2 Å². The quantitative estimate of drug-likeness (QED) is 0.709. The van der Waals surface area contributed by atoms with Crippen molar-refractivity contribution in [3.05, 3.63) is 5.82 Å². The molecule has 1 unspecified atom stereocenters. The number of hydrogen-bond donors (Lipinski definition) is 2. The number of nitrogens with zero attached hydrogens (tertiary/aromatic N) is 3. The van der Waals surface area contributed by atoms with Crippen molar-refractivity contribution in [2.75, 3.05) is 12.0 Å². The SMILES string of the molecule is CSC(C)Cn1c(CO)nnc1SCC(=O)O. The molecule has 0 aliphatic heterocycles. The van der Waals surface area contributed by atoms with Crippen LogP contribution in [-0.2, 0) is 17.9 Å². The molecule has 1 aromatic heterocycles. The van der Waals surface area contributed by atoms with Gasteiger partial charge >= 0.3 is 5.97 Å². The largest absolute Gasteiger partial charge is 0.481 e. The molecule has 1 aromatic rings. The van der Waals surface area contributed by atoms with Crippen molar-refractivity contribution in [1.82, 2.24) is 14.8 Å². The van der Waals surface area contributed by atoms with E-state index >= 15 is 0 Å². The molecule has 1 atom stereocenters. The maximum absolute atomic E-state index is 10.5. The standard InChI is InChI=1S/C9H15N3O3S2/c1-6(16-2)3-12-7(4-13)10-11-9(12)17-5-8(14)15/h6,13H,3-5H2,1-2H3,(H,14,15). The Balaban J connectivity index is 2.81. The molecule has 1 rings (SSSR count). The van der Waals surface area contributed by atoms with Crippen LogP contribution in [0.15, 0.2) is 5.16 Å². The molecule has 0 aliphatic rings. The summed E-state index contributed by atoms with van der Waals surface area (Å²) in [4.78, 5) is 10.5. The Bertz CT molecular complexity index is 384. The number of aromatic nitrogens is 3. The van der Waals surface area contributed by atoms with Gasteiger partial charge in [-0.2, -0.15) is 11.8 Å². The van der Waals surface area contributed by atoms with E-state index < -0.39 is 5.97 Å². The van der Waals surface area contributed by atoms with E-state index in [0.29, 0.717) is 22.8 Å². The summed E-state index contributed by atoms with van der Waals surface area (Å²) in [5.74, 6) is -0.483. The lowest BCUT2D eigenvalue weighted by Gasteiger charge is -2.12. The third-order valence-electron chi connectivity index (χ3n) is 2.10. The van der Waals surface area contributed by atoms with Crippen LogP contribution >= 0.6 is 23.5 Å². The predicted molar refractivity (Wildman–Crippen MR) is 67.3 cm³/mol. The summed E-state index contributed by atoms with van der Waals surface area (Å²) < 4.78 is 1.77. The zero-order chi connectivity index (χ0) is 12.8. The summed E-state index contributed by atoms with van der Waals surface area (Å²) in [6.07, 6.45) is 2.00. The van der Waals surface area contributed by atoms with Crippen molar-refractivity contribution in [1.29, 1.82) is 0 Å². The number of thioether (sulfide) groups is 2. The van der Waals surface area contributed by atoms with E-state index in [1.54, 1.807) is 16.3 Å². The van der Waals surface area contributed by atoms with E-state index in [2.05, 4.69) is 17.1 Å². The number of aliphatic carboxylic acids is 1. The van der Waals surface area contributed by atoms with Gasteiger partial charge in [-0.05, 0) is 6.26 Å². The van der Waals surface area contributed by atoms with Gasteiger partial charge in [0.05, 0.1) is 5.75 Å². The third kappa shape index (κ3) is 4.21. The molecular formula is C9H15N3O3S2. The van der Waals surface area contributed by atoms with Crippen molar-refractivity contribution in [3.8, 4) is 0 Å². The first-order valence-corrected chi connectivity index (χ1v) is 7.26. The van der Waals surface area contributed by atoms with E-state index in [1.807, 2.05) is 6.26 Å². The molecule has 6 nitrogen and oxygen atoms in total. The van der Waals surface area contributed by atoms with Gasteiger partial charge in [-0.1, -0.05) is 18.7 Å². The normalized spacial score (nSPS) is 12.6. The maximum Gasteiger partial charge on any atom is 0.313 e. The average molecular weight is 277 g/mol. The number of rotatable bonds is 7. The lowest BCUT2D eigenvalue weighted by atomic mass is 10.4. The van der Waals surface area contributed by atoms with Crippen LogP contribution in [-0.4, -0.2) is 48.2 Å². The second-order valence-electron chi connectivity index (χ2n) is 3.40. The fourth-order valence-electron chi connectivity index (χ4n) is 1.18. The molecule has 1 heterocycles. The van der Waals surface area contributed by atoms with Gasteiger partial charge in [-0.25, -0.2) is 0 Å². The Hall–Kier alpha value is -0.730. The van der Waals surface area contributed by atoms with Crippen molar-refractivity contribution in [2.24, 2.45) is 0 Å². The Morgan fingerprint density at radius 1 is 1.53 bits per heavy atom. The summed E-state index contributed by atoms with van der Waals surface area (Å²) in [5, 5.41) is 26.4. The average Bonchev–Trinajstić information content (AvgIpc) is 2.68. The highest BCUT2D eigenvalue weighted by molar-refractivity contribution is 7.99. The Labute approximate surface area is 108 Å². The van der Waals surface area contributed by atoms with Crippen molar-refractivity contribution in [3.63, 3.8) is 0 Å². The summed E-state index contributed by atoms with van der Waals surface area (Å²) in [7, 11) is 0. The maximum atomic E-state index is 10.5. The van der Waals surface area contributed by atoms with Crippen LogP contribution in [0.4, 0.5) is 0 Å². The number of carbonyl (C=O) groups is 1. The Morgan fingerprint density at radius 2 is 2.24 bits per heavy atom. The second-order valence-corrected chi connectivity index (χ2v) is 5.61. The first kappa shape index (κ1) is 14.3. The fraction of sp³-hybridized carbons (Fsp3) is 0.667. The summed E-state index contributed by atoms with van der Waals surface area (Å²) in [5.41, 5.74) is 0. The molecular weight excluding hydrogens is 262 g/mol. The van der Waals surface area contributed by atoms with Crippen LogP contribution in [0.1, 0.15) is 12.7 Å². The first-order valence-electron chi connectivity index (χ1n) is 4.98. The van der Waals surface area contributed by atoms with Gasteiger partial charge in [0.15, 0.2) is 11.0 Å². The molecule has 2 N–H and O–H groups in total. The minimum absolute atomic E-state index is 0.0583. The number of aliphatic hydroxyl groups is 1. The van der Waals surface area contributed by atoms with Gasteiger partial charge in [0.1, 0.15) is 6.61 Å². The Morgan fingerprint density at radius 3 is 2.76 bits per heavy atom. The van der Waals surface area contributed by atoms with Gasteiger partial charge in [-0.15, -0.1) is 10.2 Å². The number of carboxylic acids is 1. The molecule has 0 saturated heterocycles. The van der Waals surface area contributed by atoms with Crippen LogP contribution in [0.5, 0.6) is 0 Å². The minimum atomic E-state index is -0.895. The number of aliphatic hydroxyl groups excluding tert-OH is 1. The molecule has 0 spiro atoms. The van der Waals surface area contributed by atoms with Crippen LogP contribution < -0.4 is 0 Å². The van der Waals surface area contributed by atoms with Gasteiger partial charge < -0.3 is 14.8 Å². The van der Waals surface area contributed by atoms with E-state index in [1.165, 1.54) is 0 Å². The molecule has 0 aliphatic carbocycles. The zero-order valence-corrected chi connectivity index (χ0v) is 11.3. The van der Waals surface area contributed by atoms with Gasteiger partial charge in [0, 0.05) is 11.8 Å². The smallest absolute Gasteiger partial charge is 0.313 e. The number of hydrogen-bond acceptors (Lipinski definition) is 6. The molecule has 0 fully saturated rings. The van der Waals surface area contributed by atoms with Crippen LogP contribution in [0, 0.1) is 0 Å². The van der Waals surface area contributed by atoms with Crippen molar-refractivity contribution < 1.29 is 15.0 Å². The first-order chi connectivity index (χ1) is 8.08. The predicted octanol–water partition coefficient (Wildman–Crippen LogP) is 0.699. The van der Waals surface area contributed by atoms with Crippen LogP contribution in [0.3, 0.4) is 0 Å². The highest BCUT2D eigenvalue weighted by Gasteiger charge is 2.15. The molecule has 0 amide bonds. The van der Waals surface area contributed by atoms with E-state index in [9.17, 15) is 4.79 Å². The monoisotopic (exact) mass is 277 g/mol. The lowest BCUT2D eigenvalue weighted by molar-refractivity contribution is -0.133. The molecule has 17 heavy (non-hydrogen) atoms. The van der Waals surface area contributed by atoms with Crippen LogP contribution in [0.2, 0.25) is 0 Å². The molecule has 0 bridgehead atoms. The second kappa shape index (κ2) is 6.87. The van der Waals surface area contributed by atoms with Gasteiger partial charge in [-0.3, -0.25) is 4.79 Å². The minimum Gasteiger partial charge on any atom is -0.481 e.